The second kappa shape index (κ2) is 10.5. The molecule has 40 heavy (non-hydrogen) atoms. The van der Waals surface area contributed by atoms with Crippen molar-refractivity contribution in [3.63, 3.8) is 0 Å². The summed E-state index contributed by atoms with van der Waals surface area (Å²) in [5, 5.41) is 5.23. The zero-order chi connectivity index (χ0) is 28.6. The number of alkyl halides is 2. The molecule has 0 unspecified atom stereocenters. The number of hydrogen-bond acceptors (Lipinski definition) is 6. The molecule has 1 atom stereocenters. The van der Waals surface area contributed by atoms with Crippen LogP contribution in [-0.2, 0) is 17.1 Å². The number of nitrogen functional groups attached to an aromatic ring is 1. The Morgan fingerprint density at radius 3 is 2.38 bits per heavy atom. The molecule has 5 rings (SSSR count). The number of hydrogen-bond donors (Lipinski definition) is 2. The third-order valence-corrected chi connectivity index (χ3v) is 7.33. The van der Waals surface area contributed by atoms with E-state index in [4.69, 9.17) is 10.5 Å². The number of fused-ring (bicyclic) bond motifs is 1. The van der Waals surface area contributed by atoms with Crippen molar-refractivity contribution in [2.24, 2.45) is 7.05 Å². The number of pyridine rings is 1. The van der Waals surface area contributed by atoms with Crippen LogP contribution < -0.4 is 15.2 Å². The maximum atomic E-state index is 13.4. The van der Waals surface area contributed by atoms with Crippen molar-refractivity contribution in [3.05, 3.63) is 90.4 Å². The largest absolute Gasteiger partial charge is 0.484 e. The molecule has 0 bridgehead atoms. The molecule has 5 aromatic rings. The molecule has 0 aliphatic rings. The van der Waals surface area contributed by atoms with E-state index in [9.17, 15) is 21.6 Å². The van der Waals surface area contributed by atoms with Gasteiger partial charge in [-0.25, -0.2) is 17.8 Å². The Morgan fingerprint density at radius 1 is 1.00 bits per heavy atom. The first-order valence-electron chi connectivity index (χ1n) is 12.1. The second-order valence-corrected chi connectivity index (χ2v) is 10.7. The van der Waals surface area contributed by atoms with Gasteiger partial charge in [-0.05, 0) is 42.3 Å². The summed E-state index contributed by atoms with van der Waals surface area (Å²) < 4.78 is 73.4. The maximum Gasteiger partial charge on any atom is 0.355 e. The summed E-state index contributed by atoms with van der Waals surface area (Å²) in [6.45, 7) is 1.66. The van der Waals surface area contributed by atoms with Gasteiger partial charge in [-0.1, -0.05) is 48.5 Å². The number of nitrogens with zero attached hydrogens (tertiary/aromatic N) is 3. The lowest BCUT2D eigenvalue weighted by Gasteiger charge is -2.19. The van der Waals surface area contributed by atoms with Crippen molar-refractivity contribution in [2.75, 3.05) is 10.5 Å². The topological polar surface area (TPSA) is 112 Å². The Kier molecular flexibility index (Phi) is 7.11. The number of benzene rings is 3. The van der Waals surface area contributed by atoms with E-state index >= 15 is 0 Å². The van der Waals surface area contributed by atoms with Crippen LogP contribution in [0.15, 0.2) is 79.0 Å². The van der Waals surface area contributed by atoms with Gasteiger partial charge >= 0.3 is 5.76 Å². The van der Waals surface area contributed by atoms with Gasteiger partial charge in [-0.2, -0.15) is 13.9 Å². The van der Waals surface area contributed by atoms with Gasteiger partial charge in [0.15, 0.2) is 0 Å². The molecule has 0 saturated heterocycles. The summed E-state index contributed by atoms with van der Waals surface area (Å²) in [5.41, 5.74) is 10.0. The summed E-state index contributed by atoms with van der Waals surface area (Å²) in [6.07, 6.45) is 0.974. The zero-order valence-electron chi connectivity index (χ0n) is 21.3. The highest BCUT2D eigenvalue weighted by Crippen LogP contribution is 2.40. The first-order valence-corrected chi connectivity index (χ1v) is 13.6. The molecular weight excluding hydrogens is 543 g/mol. The first-order chi connectivity index (χ1) is 19.0. The Bertz CT molecular complexity index is 1790. The number of rotatable bonds is 8. The molecule has 2 heterocycles. The van der Waals surface area contributed by atoms with Gasteiger partial charge in [0, 0.05) is 24.4 Å². The van der Waals surface area contributed by atoms with Crippen LogP contribution >= 0.6 is 0 Å². The minimum absolute atomic E-state index is 0.0388. The van der Waals surface area contributed by atoms with Crippen molar-refractivity contribution in [1.29, 1.82) is 0 Å². The summed E-state index contributed by atoms with van der Waals surface area (Å²) in [4.78, 5) is 4.37. The highest BCUT2D eigenvalue weighted by Gasteiger charge is 2.27. The molecule has 2 aromatic heterocycles. The number of halogens is 3. The number of aromatic nitrogens is 3. The van der Waals surface area contributed by atoms with E-state index in [0.29, 0.717) is 22.2 Å². The third-order valence-electron chi connectivity index (χ3n) is 6.36. The van der Waals surface area contributed by atoms with Crippen LogP contribution in [0.4, 0.5) is 24.7 Å². The van der Waals surface area contributed by atoms with Gasteiger partial charge < -0.3 is 10.5 Å². The number of aryl methyl sites for hydroxylation is 1. The van der Waals surface area contributed by atoms with Crippen LogP contribution in [0.2, 0.25) is 0 Å². The number of nitrogens with one attached hydrogen (secondary N) is 1. The molecular formula is C28H24F3N5O3S. The van der Waals surface area contributed by atoms with Crippen LogP contribution in [0.25, 0.3) is 33.3 Å². The number of ether oxygens (including phenoxy) is 1. The van der Waals surface area contributed by atoms with Gasteiger partial charge in [0.05, 0.1) is 16.6 Å². The van der Waals surface area contributed by atoms with E-state index in [-0.39, 0.29) is 17.3 Å². The fourth-order valence-corrected chi connectivity index (χ4v) is 4.97. The second-order valence-electron chi connectivity index (χ2n) is 9.05. The molecule has 0 saturated carbocycles. The van der Waals surface area contributed by atoms with Crippen LogP contribution in [0.1, 0.15) is 18.6 Å². The van der Waals surface area contributed by atoms with Crippen molar-refractivity contribution in [3.8, 4) is 28.1 Å². The average molecular weight is 568 g/mol. The number of anilines is 2. The van der Waals surface area contributed by atoms with Crippen molar-refractivity contribution >= 4 is 32.4 Å². The van der Waals surface area contributed by atoms with E-state index in [0.717, 1.165) is 16.6 Å². The molecule has 0 fully saturated rings. The fraction of sp³-hybridized carbons (Fsp3) is 0.143. The van der Waals surface area contributed by atoms with Crippen LogP contribution in [0.3, 0.4) is 0 Å². The van der Waals surface area contributed by atoms with Gasteiger partial charge in [0.2, 0.25) is 0 Å². The Labute approximate surface area is 228 Å². The lowest BCUT2D eigenvalue weighted by atomic mass is 10.0. The minimum atomic E-state index is -4.99. The molecule has 0 radical (unpaired) electrons. The maximum absolute atomic E-state index is 13.4. The molecule has 206 valence electrons. The van der Waals surface area contributed by atoms with E-state index in [1.807, 2.05) is 35.1 Å². The van der Waals surface area contributed by atoms with Crippen molar-refractivity contribution in [1.82, 2.24) is 14.8 Å². The van der Waals surface area contributed by atoms with Crippen molar-refractivity contribution in [2.45, 2.75) is 18.8 Å². The van der Waals surface area contributed by atoms with E-state index in [1.54, 1.807) is 24.9 Å². The predicted octanol–water partition coefficient (Wildman–Crippen LogP) is 6.13. The molecule has 0 aliphatic heterocycles. The molecule has 0 aliphatic carbocycles. The van der Waals surface area contributed by atoms with E-state index in [2.05, 4.69) is 10.1 Å². The van der Waals surface area contributed by atoms with Gasteiger partial charge in [0.1, 0.15) is 29.2 Å². The smallest absolute Gasteiger partial charge is 0.355 e. The predicted molar refractivity (Wildman–Crippen MR) is 148 cm³/mol. The zero-order valence-corrected chi connectivity index (χ0v) is 22.2. The highest BCUT2D eigenvalue weighted by atomic mass is 32.2. The molecule has 0 amide bonds. The Balaban J connectivity index is 1.64. The molecule has 3 N–H and O–H groups in total. The van der Waals surface area contributed by atoms with Crippen molar-refractivity contribution < 1.29 is 26.3 Å². The third kappa shape index (κ3) is 5.17. The minimum Gasteiger partial charge on any atom is -0.484 e. The fourth-order valence-electron chi connectivity index (χ4n) is 4.41. The summed E-state index contributed by atoms with van der Waals surface area (Å²) in [7, 11) is -3.23. The highest BCUT2D eigenvalue weighted by molar-refractivity contribution is 7.93. The number of sulfonamides is 1. The van der Waals surface area contributed by atoms with Crippen LogP contribution in [0.5, 0.6) is 5.75 Å². The van der Waals surface area contributed by atoms with Gasteiger partial charge in [-0.3, -0.25) is 9.40 Å². The lowest BCUT2D eigenvalue weighted by Crippen LogP contribution is -2.21. The Hall–Kier alpha value is -4.58. The lowest BCUT2D eigenvalue weighted by molar-refractivity contribution is 0.228. The van der Waals surface area contributed by atoms with Gasteiger partial charge in [-0.15, -0.1) is 0 Å². The van der Waals surface area contributed by atoms with Crippen LogP contribution in [0, 0.1) is 5.82 Å². The average Bonchev–Trinajstić information content (AvgIpc) is 3.28. The monoisotopic (exact) mass is 567 g/mol. The molecule has 12 heteroatoms. The summed E-state index contributed by atoms with van der Waals surface area (Å²) >= 11 is 0. The SMILES string of the molecule is C[C@H](Oc1cc(-c2nn(C)c3c(-c4ccccc4)cnc(N)c23)ccc1NS(=O)(=O)C(F)F)c1ccc(F)cc1. The Morgan fingerprint density at radius 2 is 1.70 bits per heavy atom. The molecule has 0 spiro atoms. The molecule has 8 nitrogen and oxygen atoms in total. The number of nitrogens with two attached hydrogens (primary N) is 1. The van der Waals surface area contributed by atoms with E-state index < -0.39 is 27.7 Å². The summed E-state index contributed by atoms with van der Waals surface area (Å²) in [6, 6.07) is 19.4. The molecule has 3 aromatic carbocycles. The first kappa shape index (κ1) is 27.0. The normalized spacial score (nSPS) is 12.6. The van der Waals surface area contributed by atoms with E-state index in [1.165, 1.54) is 42.5 Å². The van der Waals surface area contributed by atoms with Gasteiger partial charge in [0.25, 0.3) is 10.0 Å². The quantitative estimate of drug-likeness (QED) is 0.233. The van der Waals surface area contributed by atoms with Crippen LogP contribution in [-0.4, -0.2) is 28.9 Å². The summed E-state index contributed by atoms with van der Waals surface area (Å²) in [5.74, 6) is -3.91. The standard InChI is InChI=1S/C28H24F3N5O3S/c1-16(17-8-11-20(29)12-9-17)39-23-14-19(10-13-22(23)35-40(37,38)28(30)31)25-24-26(36(2)34-25)21(15-33-27(24)32)18-6-4-3-5-7-18/h3-16,28,35H,1-2H3,(H2,32,33)/t16-/m0/s1.